The van der Waals surface area contributed by atoms with E-state index in [0.717, 1.165) is 17.0 Å². The molecule has 0 radical (unpaired) electrons. The van der Waals surface area contributed by atoms with Crippen molar-refractivity contribution >= 4 is 17.0 Å². The van der Waals surface area contributed by atoms with Gasteiger partial charge in [-0.25, -0.2) is 0 Å². The highest BCUT2D eigenvalue weighted by atomic mass is 19.3. The lowest BCUT2D eigenvalue weighted by molar-refractivity contribution is 0.429. The summed E-state index contributed by atoms with van der Waals surface area (Å²) in [7, 11) is 0. The molecule has 2 aromatic rings. The van der Waals surface area contributed by atoms with E-state index in [2.05, 4.69) is 4.98 Å². The summed E-state index contributed by atoms with van der Waals surface area (Å²) in [6, 6.07) is 8.66. The second-order valence-electron chi connectivity index (χ2n) is 2.85. The Bertz CT molecular complexity index is 482. The molecule has 1 nitrogen and oxygen atoms in total. The molecule has 3 heteroatoms. The Morgan fingerprint density at radius 1 is 1.14 bits per heavy atom. The number of hydrogen-bond acceptors (Lipinski definition) is 1. The fraction of sp³-hybridized carbons (Fsp3) is 0. The van der Waals surface area contributed by atoms with Crippen molar-refractivity contribution in [2.75, 3.05) is 0 Å². The van der Waals surface area contributed by atoms with E-state index in [1.165, 1.54) is 0 Å². The van der Waals surface area contributed by atoms with Gasteiger partial charge < -0.3 is 0 Å². The zero-order valence-corrected chi connectivity index (χ0v) is 7.24. The van der Waals surface area contributed by atoms with Crippen molar-refractivity contribution < 1.29 is 8.78 Å². The summed E-state index contributed by atoms with van der Waals surface area (Å²) in [6.45, 7) is 0. The molecule has 2 rings (SSSR count). The number of hydrogen-bond donors (Lipinski definition) is 0. The Kier molecular flexibility index (Phi) is 2.23. The average Bonchev–Trinajstić information content (AvgIpc) is 2.18. The van der Waals surface area contributed by atoms with Crippen LogP contribution in [0.4, 0.5) is 8.78 Å². The summed E-state index contributed by atoms with van der Waals surface area (Å²) in [5.41, 5.74) is 1.22. The first kappa shape index (κ1) is 8.81. The third kappa shape index (κ3) is 1.62. The van der Waals surface area contributed by atoms with E-state index >= 15 is 0 Å². The van der Waals surface area contributed by atoms with Crippen LogP contribution in [0.1, 0.15) is 5.56 Å². The van der Waals surface area contributed by atoms with Crippen LogP contribution in [0, 0.1) is 0 Å². The predicted octanol–water partition coefficient (Wildman–Crippen LogP) is 3.47. The van der Waals surface area contributed by atoms with Crippen LogP contribution in [0.5, 0.6) is 0 Å². The Balaban J connectivity index is 2.71. The number of halogens is 2. The lowest BCUT2D eigenvalue weighted by Gasteiger charge is -1.99. The van der Waals surface area contributed by atoms with Gasteiger partial charge in [-0.05, 0) is 17.7 Å². The minimum Gasteiger partial charge on any atom is -0.256 e. The quantitative estimate of drug-likeness (QED) is 0.672. The molecule has 1 aromatic carbocycles. The number of fused-ring (bicyclic) bond motifs is 1. The molecule has 14 heavy (non-hydrogen) atoms. The third-order valence-electron chi connectivity index (χ3n) is 1.94. The van der Waals surface area contributed by atoms with Crippen LogP contribution in [-0.4, -0.2) is 4.98 Å². The largest absolute Gasteiger partial charge is 0.270 e. The van der Waals surface area contributed by atoms with E-state index in [1.807, 2.05) is 0 Å². The van der Waals surface area contributed by atoms with E-state index in [0.29, 0.717) is 5.56 Å². The predicted molar refractivity (Wildman–Crippen MR) is 51.9 cm³/mol. The van der Waals surface area contributed by atoms with Gasteiger partial charge in [0.25, 0.3) is 6.08 Å². The smallest absolute Gasteiger partial charge is 0.256 e. The normalized spacial score (nSPS) is 10.1. The zero-order valence-electron chi connectivity index (χ0n) is 7.24. The van der Waals surface area contributed by atoms with E-state index < -0.39 is 6.08 Å². The number of rotatable bonds is 1. The van der Waals surface area contributed by atoms with Crippen LogP contribution >= 0.6 is 0 Å². The molecule has 0 N–H and O–H groups in total. The molecule has 1 aromatic heterocycles. The molecule has 70 valence electrons. The van der Waals surface area contributed by atoms with Crippen molar-refractivity contribution in [2.24, 2.45) is 0 Å². The van der Waals surface area contributed by atoms with Gasteiger partial charge in [0.15, 0.2) is 0 Å². The van der Waals surface area contributed by atoms with Gasteiger partial charge >= 0.3 is 0 Å². The van der Waals surface area contributed by atoms with E-state index in [1.54, 1.807) is 36.5 Å². The van der Waals surface area contributed by atoms with Gasteiger partial charge in [-0.15, -0.1) is 0 Å². The topological polar surface area (TPSA) is 12.9 Å². The van der Waals surface area contributed by atoms with Gasteiger partial charge in [-0.1, -0.05) is 18.2 Å². The number of aromatic nitrogens is 1. The maximum absolute atomic E-state index is 12.1. The Morgan fingerprint density at radius 3 is 2.79 bits per heavy atom. The summed E-state index contributed by atoms with van der Waals surface area (Å²) >= 11 is 0. The molecule has 0 aliphatic carbocycles. The Morgan fingerprint density at radius 2 is 2.00 bits per heavy atom. The van der Waals surface area contributed by atoms with Crippen LogP contribution in [0.25, 0.3) is 17.0 Å². The minimum absolute atomic E-state index is 0.496. The van der Waals surface area contributed by atoms with Gasteiger partial charge in [-0.3, -0.25) is 4.98 Å². The Hall–Kier alpha value is -1.77. The molecule has 1 heterocycles. The highest BCUT2D eigenvalue weighted by Crippen LogP contribution is 2.19. The third-order valence-corrected chi connectivity index (χ3v) is 1.94. The summed E-state index contributed by atoms with van der Waals surface area (Å²) in [4.78, 5) is 4.07. The molecular formula is C11H7F2N. The van der Waals surface area contributed by atoms with Crippen LogP contribution in [0.2, 0.25) is 0 Å². The fourth-order valence-corrected chi connectivity index (χ4v) is 1.37. The molecular weight excluding hydrogens is 184 g/mol. The van der Waals surface area contributed by atoms with Crippen LogP contribution in [-0.2, 0) is 0 Å². The lowest BCUT2D eigenvalue weighted by Crippen LogP contribution is -1.80. The minimum atomic E-state index is -1.69. The monoisotopic (exact) mass is 191 g/mol. The molecule has 0 fully saturated rings. The van der Waals surface area contributed by atoms with Crippen molar-refractivity contribution in [3.63, 3.8) is 0 Å². The Labute approximate surface area is 79.7 Å². The molecule has 0 spiro atoms. The van der Waals surface area contributed by atoms with Gasteiger partial charge in [0, 0.05) is 17.7 Å². The maximum Gasteiger partial charge on any atom is 0.270 e. The van der Waals surface area contributed by atoms with Crippen LogP contribution in [0.15, 0.2) is 42.6 Å². The fourth-order valence-electron chi connectivity index (χ4n) is 1.37. The molecule has 0 aliphatic heterocycles. The van der Waals surface area contributed by atoms with Crippen molar-refractivity contribution in [1.29, 1.82) is 0 Å². The summed E-state index contributed by atoms with van der Waals surface area (Å²) in [5, 5.41) is 0.739. The maximum atomic E-state index is 12.1. The first-order valence-electron chi connectivity index (χ1n) is 4.14. The van der Waals surface area contributed by atoms with E-state index in [9.17, 15) is 8.78 Å². The van der Waals surface area contributed by atoms with Crippen molar-refractivity contribution in [1.82, 2.24) is 4.98 Å². The highest BCUT2D eigenvalue weighted by Gasteiger charge is 1.99. The van der Waals surface area contributed by atoms with Gasteiger partial charge in [0.2, 0.25) is 0 Å². The molecule has 0 saturated heterocycles. The van der Waals surface area contributed by atoms with Gasteiger partial charge in [-0.2, -0.15) is 8.78 Å². The zero-order chi connectivity index (χ0) is 9.97. The lowest BCUT2D eigenvalue weighted by atomic mass is 10.1. The number of nitrogens with zero attached hydrogens (tertiary/aromatic N) is 1. The molecule has 0 saturated carbocycles. The molecule has 0 aliphatic rings. The first-order valence-corrected chi connectivity index (χ1v) is 4.14. The number of benzene rings is 1. The summed E-state index contributed by atoms with van der Waals surface area (Å²) in [5.74, 6) is 0. The second-order valence-corrected chi connectivity index (χ2v) is 2.85. The number of pyridine rings is 1. The van der Waals surface area contributed by atoms with E-state index in [4.69, 9.17) is 0 Å². The SMILES string of the molecule is FC(F)=Cc1cccc2ncccc12. The van der Waals surface area contributed by atoms with Crippen LogP contribution in [0.3, 0.4) is 0 Å². The molecule has 0 bridgehead atoms. The average molecular weight is 191 g/mol. The second kappa shape index (κ2) is 3.54. The molecule has 0 atom stereocenters. The molecule has 0 amide bonds. The van der Waals surface area contributed by atoms with E-state index in [-0.39, 0.29) is 0 Å². The highest BCUT2D eigenvalue weighted by molar-refractivity contribution is 5.87. The van der Waals surface area contributed by atoms with Gasteiger partial charge in [0.1, 0.15) is 0 Å². The summed E-state index contributed by atoms with van der Waals surface area (Å²) < 4.78 is 24.2. The first-order chi connectivity index (χ1) is 6.77. The molecule has 0 unspecified atom stereocenters. The van der Waals surface area contributed by atoms with Crippen molar-refractivity contribution in [3.05, 3.63) is 48.2 Å². The van der Waals surface area contributed by atoms with Gasteiger partial charge in [0.05, 0.1) is 5.52 Å². The van der Waals surface area contributed by atoms with Crippen molar-refractivity contribution in [3.8, 4) is 0 Å². The summed E-state index contributed by atoms with van der Waals surface area (Å²) in [6.07, 6.45) is 0.799. The van der Waals surface area contributed by atoms with Crippen molar-refractivity contribution in [2.45, 2.75) is 0 Å². The van der Waals surface area contributed by atoms with Crippen LogP contribution < -0.4 is 0 Å². The standard InChI is InChI=1S/C11H7F2N/c12-11(13)7-8-3-1-5-10-9(8)4-2-6-14-10/h1-7H.